The number of pyridine rings is 1. The van der Waals surface area contributed by atoms with E-state index in [-0.39, 0.29) is 5.69 Å². The fourth-order valence-electron chi connectivity index (χ4n) is 3.53. The molecule has 0 aliphatic rings. The number of allylic oxidation sites excluding steroid dienone is 2. The minimum atomic E-state index is -0.223. The molecule has 0 aliphatic heterocycles. The minimum absolute atomic E-state index is 0.223. The van der Waals surface area contributed by atoms with Gasteiger partial charge in [-0.1, -0.05) is 6.07 Å². The molecule has 0 aliphatic carbocycles. The Morgan fingerprint density at radius 1 is 1.19 bits per heavy atom. The molecule has 0 saturated heterocycles. The molecule has 0 amide bonds. The van der Waals surface area contributed by atoms with E-state index in [0.29, 0.717) is 35.0 Å². The number of aromatic nitrogens is 5. The van der Waals surface area contributed by atoms with Crippen LogP contribution in [0, 0.1) is 0 Å². The van der Waals surface area contributed by atoms with Crippen LogP contribution in [0.25, 0.3) is 38.8 Å². The predicted molar refractivity (Wildman–Crippen MR) is 122 cm³/mol. The molecular weight excluding hydrogens is 394 g/mol. The molecule has 4 aromatic rings. The Morgan fingerprint density at radius 2 is 1.94 bits per heavy atom. The van der Waals surface area contributed by atoms with Gasteiger partial charge >= 0.3 is 11.7 Å². The smallest absolute Gasteiger partial charge is 0.333 e. The van der Waals surface area contributed by atoms with Crippen LogP contribution in [-0.4, -0.2) is 44.0 Å². The average molecular weight is 417 g/mol. The maximum atomic E-state index is 13.1. The number of aryl methyl sites for hydroxylation is 1. The van der Waals surface area contributed by atoms with Gasteiger partial charge in [-0.05, 0) is 31.5 Å². The number of ether oxygens (including phenoxy) is 1. The molecule has 0 spiro atoms. The molecule has 4 rings (SSSR count). The van der Waals surface area contributed by atoms with Gasteiger partial charge in [0.15, 0.2) is 0 Å². The topological polar surface area (TPSA) is 113 Å². The van der Waals surface area contributed by atoms with Gasteiger partial charge in [0.2, 0.25) is 0 Å². The fourth-order valence-corrected chi connectivity index (χ4v) is 3.53. The quantitative estimate of drug-likeness (QED) is 0.499. The van der Waals surface area contributed by atoms with Crippen LogP contribution in [0.3, 0.4) is 0 Å². The number of nitrogens with zero attached hydrogens (tertiary/aromatic N) is 6. The van der Waals surface area contributed by atoms with Crippen LogP contribution in [0.15, 0.2) is 52.3 Å². The fraction of sp³-hybridized carbons (Fsp3) is 0.227. The molecule has 3 aromatic heterocycles. The number of fused-ring (bicyclic) bond motifs is 3. The minimum Gasteiger partial charge on any atom is -0.464 e. The van der Waals surface area contributed by atoms with Crippen molar-refractivity contribution in [2.24, 2.45) is 17.8 Å². The van der Waals surface area contributed by atoms with Gasteiger partial charge in [-0.2, -0.15) is 0 Å². The van der Waals surface area contributed by atoms with Crippen molar-refractivity contribution in [1.82, 2.24) is 24.1 Å². The molecule has 0 saturated carbocycles. The summed E-state index contributed by atoms with van der Waals surface area (Å²) in [6.45, 7) is 4.13. The number of hydrogen-bond acceptors (Lipinski definition) is 7. The second kappa shape index (κ2) is 8.02. The van der Waals surface area contributed by atoms with Gasteiger partial charge in [-0.25, -0.2) is 14.8 Å². The first-order valence-electron chi connectivity index (χ1n) is 9.80. The Labute approximate surface area is 178 Å². The lowest BCUT2D eigenvalue weighted by atomic mass is 10.1. The van der Waals surface area contributed by atoms with Crippen molar-refractivity contribution < 1.29 is 4.74 Å². The third kappa shape index (κ3) is 3.43. The summed E-state index contributed by atoms with van der Waals surface area (Å²) >= 11 is 0. The summed E-state index contributed by atoms with van der Waals surface area (Å²) in [6.07, 6.45) is 6.71. The molecule has 31 heavy (non-hydrogen) atoms. The van der Waals surface area contributed by atoms with Gasteiger partial charge in [0.1, 0.15) is 0 Å². The van der Waals surface area contributed by atoms with E-state index >= 15 is 0 Å². The molecule has 158 valence electrons. The van der Waals surface area contributed by atoms with Gasteiger partial charge < -0.3 is 10.5 Å². The Hall–Kier alpha value is -4.01. The lowest BCUT2D eigenvalue weighted by molar-refractivity contribution is 0.312. The van der Waals surface area contributed by atoms with Gasteiger partial charge in [0, 0.05) is 49.4 Å². The normalized spacial score (nSPS) is 12.6. The second-order valence-corrected chi connectivity index (χ2v) is 7.04. The maximum absolute atomic E-state index is 13.1. The van der Waals surface area contributed by atoms with Crippen LogP contribution in [0.4, 0.5) is 0 Å². The molecule has 0 fully saturated rings. The van der Waals surface area contributed by atoms with E-state index in [1.54, 1.807) is 55.0 Å². The van der Waals surface area contributed by atoms with Gasteiger partial charge in [0.05, 0.1) is 35.1 Å². The summed E-state index contributed by atoms with van der Waals surface area (Å²) in [5.41, 5.74) is 10.8. The van der Waals surface area contributed by atoms with Crippen LogP contribution in [0.5, 0.6) is 6.01 Å². The monoisotopic (exact) mass is 417 g/mol. The largest absolute Gasteiger partial charge is 0.464 e. The first kappa shape index (κ1) is 20.3. The Balaban J connectivity index is 2.02. The number of nitrogens with two attached hydrogens (primary N) is 1. The van der Waals surface area contributed by atoms with Crippen molar-refractivity contribution >= 4 is 33.8 Å². The first-order chi connectivity index (χ1) is 15.0. The van der Waals surface area contributed by atoms with E-state index < -0.39 is 0 Å². The highest BCUT2D eigenvalue weighted by molar-refractivity contribution is 6.11. The molecule has 0 unspecified atom stereocenters. The van der Waals surface area contributed by atoms with E-state index in [9.17, 15) is 4.79 Å². The Kier molecular flexibility index (Phi) is 5.24. The zero-order chi connectivity index (χ0) is 22.1. The summed E-state index contributed by atoms with van der Waals surface area (Å²) in [4.78, 5) is 30.2. The molecule has 1 aromatic carbocycles. The number of imidazole rings is 1. The molecular formula is C22H23N7O2. The Morgan fingerprint density at radius 3 is 2.58 bits per heavy atom. The van der Waals surface area contributed by atoms with Gasteiger partial charge in [-0.3, -0.25) is 19.1 Å². The SMILES string of the molecule is CCOc1ncc(-c2ccc3ncc4c(c3c2)n(C(C=NC)=C(C)N)c(=O)n4C)cn1. The third-order valence-electron chi connectivity index (χ3n) is 5.01. The molecule has 0 atom stereocenters. The highest BCUT2D eigenvalue weighted by Crippen LogP contribution is 2.29. The van der Waals surface area contributed by atoms with Crippen LogP contribution < -0.4 is 16.2 Å². The highest BCUT2D eigenvalue weighted by atomic mass is 16.5. The third-order valence-corrected chi connectivity index (χ3v) is 5.01. The van der Waals surface area contributed by atoms with E-state index in [0.717, 1.165) is 22.0 Å². The standard InChI is InChI=1S/C22H23N7O2/c1-5-31-21-26-9-15(10-27-21)14-6-7-17-16(8-14)20-19(12-25-17)28(4)22(30)29(20)18(11-24-3)13(2)23/h6-12H,5,23H2,1-4H3. The highest BCUT2D eigenvalue weighted by Gasteiger charge is 2.18. The zero-order valence-electron chi connectivity index (χ0n) is 17.8. The van der Waals surface area contributed by atoms with Crippen molar-refractivity contribution in [3.63, 3.8) is 0 Å². The van der Waals surface area contributed by atoms with Crippen molar-refractivity contribution in [1.29, 1.82) is 0 Å². The first-order valence-corrected chi connectivity index (χ1v) is 9.80. The summed E-state index contributed by atoms with van der Waals surface area (Å²) < 4.78 is 8.47. The molecule has 0 bridgehead atoms. The van der Waals surface area contributed by atoms with Gasteiger partial charge in [0.25, 0.3) is 0 Å². The van der Waals surface area contributed by atoms with Crippen LogP contribution in [-0.2, 0) is 7.05 Å². The number of aliphatic imine (C=N–C) groups is 1. The van der Waals surface area contributed by atoms with Crippen molar-refractivity contribution in [2.45, 2.75) is 13.8 Å². The van der Waals surface area contributed by atoms with Gasteiger partial charge in [-0.15, -0.1) is 0 Å². The molecule has 9 heteroatoms. The van der Waals surface area contributed by atoms with E-state index in [4.69, 9.17) is 10.5 Å². The Bertz CT molecular complexity index is 1390. The number of benzene rings is 1. The average Bonchev–Trinajstić information content (AvgIpc) is 3.03. The van der Waals surface area contributed by atoms with Crippen molar-refractivity contribution in [2.75, 3.05) is 13.7 Å². The number of hydrogen-bond donors (Lipinski definition) is 1. The summed E-state index contributed by atoms with van der Waals surface area (Å²) in [7, 11) is 3.36. The maximum Gasteiger partial charge on any atom is 0.333 e. The lowest BCUT2D eigenvalue weighted by Gasteiger charge is -2.09. The van der Waals surface area contributed by atoms with Crippen molar-refractivity contribution in [3.8, 4) is 17.1 Å². The second-order valence-electron chi connectivity index (χ2n) is 7.04. The zero-order valence-corrected chi connectivity index (χ0v) is 17.8. The molecule has 2 N–H and O–H groups in total. The molecule has 3 heterocycles. The summed E-state index contributed by atoms with van der Waals surface area (Å²) in [5, 5.41) is 0.810. The van der Waals surface area contributed by atoms with E-state index in [1.807, 2.05) is 25.1 Å². The summed E-state index contributed by atoms with van der Waals surface area (Å²) in [5.74, 6) is 0. The predicted octanol–water partition coefficient (Wildman–Crippen LogP) is 2.59. The molecule has 0 radical (unpaired) electrons. The number of rotatable bonds is 5. The van der Waals surface area contributed by atoms with E-state index in [1.165, 1.54) is 0 Å². The van der Waals surface area contributed by atoms with Crippen LogP contribution >= 0.6 is 0 Å². The summed E-state index contributed by atoms with van der Waals surface area (Å²) in [6, 6.07) is 6.17. The lowest BCUT2D eigenvalue weighted by Crippen LogP contribution is -2.23. The van der Waals surface area contributed by atoms with Crippen LogP contribution in [0.2, 0.25) is 0 Å². The van der Waals surface area contributed by atoms with Crippen molar-refractivity contribution in [3.05, 3.63) is 53.0 Å². The van der Waals surface area contributed by atoms with Crippen LogP contribution in [0.1, 0.15) is 13.8 Å². The van der Waals surface area contributed by atoms with E-state index in [2.05, 4.69) is 19.9 Å². The molecule has 9 nitrogen and oxygen atoms in total.